The third-order valence-corrected chi connectivity index (χ3v) is 4.19. The number of hydrogen-bond donors (Lipinski definition) is 2. The van der Waals surface area contributed by atoms with Gasteiger partial charge in [-0.25, -0.2) is 4.39 Å². The van der Waals surface area contributed by atoms with Gasteiger partial charge in [-0.2, -0.15) is 0 Å². The van der Waals surface area contributed by atoms with E-state index >= 15 is 0 Å². The van der Waals surface area contributed by atoms with E-state index in [1.807, 2.05) is 30.3 Å². The Bertz CT molecular complexity index is 1050. The monoisotopic (exact) mass is 394 g/mol. The molecule has 0 aromatic heterocycles. The first-order chi connectivity index (χ1) is 14.0. The van der Waals surface area contributed by atoms with Crippen molar-refractivity contribution in [3.8, 4) is 5.75 Å². The molecule has 0 bridgehead atoms. The van der Waals surface area contributed by atoms with Crippen LogP contribution in [0.5, 0.6) is 5.75 Å². The number of ether oxygens (including phenoxy) is 1. The molecule has 0 saturated carbocycles. The summed E-state index contributed by atoms with van der Waals surface area (Å²) in [7, 11) is 0. The van der Waals surface area contributed by atoms with Crippen molar-refractivity contribution in [2.45, 2.75) is 12.8 Å². The Morgan fingerprint density at radius 2 is 1.48 bits per heavy atom. The van der Waals surface area contributed by atoms with E-state index in [-0.39, 0.29) is 24.4 Å². The Balaban J connectivity index is 1.41. The molecule has 0 radical (unpaired) electrons. The summed E-state index contributed by atoms with van der Waals surface area (Å²) in [4.78, 5) is 35.8. The van der Waals surface area contributed by atoms with E-state index in [1.54, 1.807) is 18.2 Å². The second kappa shape index (κ2) is 9.45. The molecule has 148 valence electrons. The third-order valence-electron chi connectivity index (χ3n) is 4.19. The van der Waals surface area contributed by atoms with Crippen molar-refractivity contribution in [2.24, 2.45) is 0 Å². The number of ketones is 1. The molecule has 0 aliphatic rings. The fourth-order valence-corrected chi connectivity index (χ4v) is 2.68. The molecular weight excluding hydrogens is 375 g/mol. The number of halogens is 1. The highest BCUT2D eigenvalue weighted by molar-refractivity contribution is 6.01. The van der Waals surface area contributed by atoms with E-state index in [1.165, 1.54) is 18.2 Å². The average molecular weight is 394 g/mol. The Kier molecular flexibility index (Phi) is 6.52. The minimum absolute atomic E-state index is 0.00572. The predicted octanol–water partition coefficient (Wildman–Crippen LogP) is 3.17. The van der Waals surface area contributed by atoms with Crippen LogP contribution in [0.3, 0.4) is 0 Å². The van der Waals surface area contributed by atoms with Gasteiger partial charge in [-0.1, -0.05) is 48.5 Å². The second-order valence-corrected chi connectivity index (χ2v) is 6.30. The van der Waals surface area contributed by atoms with Crippen LogP contribution >= 0.6 is 0 Å². The highest BCUT2D eigenvalue weighted by atomic mass is 19.1. The Morgan fingerprint density at radius 1 is 0.793 bits per heavy atom. The lowest BCUT2D eigenvalue weighted by Crippen LogP contribution is -2.43. The summed E-state index contributed by atoms with van der Waals surface area (Å²) >= 11 is 0. The highest BCUT2D eigenvalue weighted by Crippen LogP contribution is 2.17. The molecule has 0 spiro atoms. The van der Waals surface area contributed by atoms with E-state index in [2.05, 4.69) is 10.9 Å². The van der Waals surface area contributed by atoms with Crippen LogP contribution in [0, 0.1) is 5.82 Å². The van der Waals surface area contributed by atoms with Crippen LogP contribution < -0.4 is 15.6 Å². The van der Waals surface area contributed by atoms with E-state index in [0.29, 0.717) is 5.56 Å². The smallest absolute Gasteiger partial charge is 0.276 e. The number of fused-ring (bicyclic) bond motifs is 1. The van der Waals surface area contributed by atoms with Gasteiger partial charge in [-0.15, -0.1) is 0 Å². The van der Waals surface area contributed by atoms with Crippen LogP contribution in [-0.2, 0) is 9.59 Å². The zero-order valence-corrected chi connectivity index (χ0v) is 15.5. The number of benzene rings is 3. The first-order valence-corrected chi connectivity index (χ1v) is 9.00. The Morgan fingerprint density at radius 3 is 2.28 bits per heavy atom. The minimum atomic E-state index is -0.651. The molecule has 6 nitrogen and oxygen atoms in total. The lowest BCUT2D eigenvalue weighted by atomic mass is 10.0. The molecule has 0 atom stereocenters. The van der Waals surface area contributed by atoms with Gasteiger partial charge in [0.1, 0.15) is 0 Å². The van der Waals surface area contributed by atoms with Crippen molar-refractivity contribution in [2.75, 3.05) is 6.61 Å². The fraction of sp³-hybridized carbons (Fsp3) is 0.136. The zero-order valence-electron chi connectivity index (χ0n) is 15.5. The molecule has 0 aliphatic carbocycles. The first-order valence-electron chi connectivity index (χ1n) is 9.00. The summed E-state index contributed by atoms with van der Waals surface area (Å²) in [5.41, 5.74) is 4.89. The lowest BCUT2D eigenvalue weighted by Gasteiger charge is -2.09. The highest BCUT2D eigenvalue weighted by Gasteiger charge is 2.11. The summed E-state index contributed by atoms with van der Waals surface area (Å²) < 4.78 is 18.4. The zero-order chi connectivity index (χ0) is 20.6. The molecule has 0 heterocycles. The van der Waals surface area contributed by atoms with Gasteiger partial charge in [0.05, 0.1) is 0 Å². The molecule has 0 fully saturated rings. The third kappa shape index (κ3) is 5.62. The normalized spacial score (nSPS) is 10.4. The first kappa shape index (κ1) is 20.0. The van der Waals surface area contributed by atoms with Gasteiger partial charge in [0.2, 0.25) is 5.91 Å². The van der Waals surface area contributed by atoms with Crippen molar-refractivity contribution in [3.63, 3.8) is 0 Å². The maximum Gasteiger partial charge on any atom is 0.276 e. The van der Waals surface area contributed by atoms with Crippen LogP contribution in [0.15, 0.2) is 66.7 Å². The number of para-hydroxylation sites is 1. The number of carbonyl (C=O) groups is 3. The maximum atomic E-state index is 13.4. The molecular formula is C22H19FN2O4. The van der Waals surface area contributed by atoms with Crippen LogP contribution in [-0.4, -0.2) is 24.2 Å². The number of nitrogens with one attached hydrogen (secondary N) is 2. The molecule has 7 heteroatoms. The summed E-state index contributed by atoms with van der Waals surface area (Å²) in [6.07, 6.45) is -0.0775. The number of rotatable bonds is 7. The Hall–Kier alpha value is -3.74. The summed E-state index contributed by atoms with van der Waals surface area (Å²) in [6, 6.07) is 18.7. The van der Waals surface area contributed by atoms with Crippen molar-refractivity contribution < 1.29 is 23.5 Å². The topological polar surface area (TPSA) is 84.5 Å². The minimum Gasteiger partial charge on any atom is -0.481 e. The molecule has 0 saturated heterocycles. The number of hydrogen-bond acceptors (Lipinski definition) is 4. The van der Waals surface area contributed by atoms with E-state index < -0.39 is 24.2 Å². The van der Waals surface area contributed by atoms with Gasteiger partial charge in [-0.05, 0) is 29.0 Å². The molecule has 0 unspecified atom stereocenters. The largest absolute Gasteiger partial charge is 0.481 e. The number of amides is 2. The number of Topliss-reactive ketones (excluding diaryl/α,β-unsaturated/α-hetero) is 1. The number of hydrazine groups is 1. The molecule has 3 aromatic carbocycles. The Labute approximate surface area is 166 Å². The van der Waals surface area contributed by atoms with Gasteiger partial charge < -0.3 is 4.74 Å². The molecule has 0 aliphatic heterocycles. The summed E-state index contributed by atoms with van der Waals surface area (Å²) in [5.74, 6) is -1.98. The van der Waals surface area contributed by atoms with Crippen molar-refractivity contribution in [1.82, 2.24) is 10.9 Å². The van der Waals surface area contributed by atoms with Gasteiger partial charge in [0.15, 0.2) is 24.0 Å². The summed E-state index contributed by atoms with van der Waals surface area (Å²) in [6.45, 7) is -0.461. The molecule has 3 aromatic rings. The van der Waals surface area contributed by atoms with Crippen molar-refractivity contribution in [3.05, 3.63) is 78.1 Å². The van der Waals surface area contributed by atoms with E-state index in [0.717, 1.165) is 10.8 Å². The van der Waals surface area contributed by atoms with Crippen LogP contribution in [0.25, 0.3) is 10.8 Å². The molecule has 2 amide bonds. The molecule has 2 N–H and O–H groups in total. The summed E-state index contributed by atoms with van der Waals surface area (Å²) in [5, 5.41) is 1.98. The van der Waals surface area contributed by atoms with Gasteiger partial charge >= 0.3 is 0 Å². The average Bonchev–Trinajstić information content (AvgIpc) is 2.75. The van der Waals surface area contributed by atoms with Crippen LogP contribution in [0.2, 0.25) is 0 Å². The van der Waals surface area contributed by atoms with Crippen LogP contribution in [0.4, 0.5) is 4.39 Å². The number of carbonyl (C=O) groups excluding carboxylic acids is 3. The van der Waals surface area contributed by atoms with E-state index in [4.69, 9.17) is 4.74 Å². The van der Waals surface area contributed by atoms with Crippen molar-refractivity contribution >= 4 is 28.4 Å². The van der Waals surface area contributed by atoms with E-state index in [9.17, 15) is 18.8 Å². The maximum absolute atomic E-state index is 13.4. The van der Waals surface area contributed by atoms with Gasteiger partial charge in [0, 0.05) is 18.4 Å². The fourth-order valence-electron chi connectivity index (χ4n) is 2.68. The van der Waals surface area contributed by atoms with Gasteiger partial charge in [-0.3, -0.25) is 25.2 Å². The van der Waals surface area contributed by atoms with Crippen molar-refractivity contribution in [1.29, 1.82) is 0 Å². The predicted molar refractivity (Wildman–Crippen MR) is 106 cm³/mol. The molecule has 29 heavy (non-hydrogen) atoms. The van der Waals surface area contributed by atoms with Gasteiger partial charge in [0.25, 0.3) is 5.91 Å². The van der Waals surface area contributed by atoms with Crippen LogP contribution in [0.1, 0.15) is 23.2 Å². The quantitative estimate of drug-likeness (QED) is 0.476. The second-order valence-electron chi connectivity index (χ2n) is 6.30. The molecule has 3 rings (SSSR count). The standard InChI is InChI=1S/C22H19FN2O4/c23-18-7-3-4-8-20(18)29-14-22(28)25-24-21(27)12-11-19(26)17-10-9-15-5-1-2-6-16(15)13-17/h1-10,13H,11-12,14H2,(H,24,27)(H,25,28). The lowest BCUT2D eigenvalue weighted by molar-refractivity contribution is -0.130. The SMILES string of the molecule is O=C(CCC(=O)c1ccc2ccccc2c1)NNC(=O)COc1ccccc1F.